The number of aromatic nitrogens is 1. The van der Waals surface area contributed by atoms with E-state index >= 15 is 0 Å². The van der Waals surface area contributed by atoms with E-state index in [9.17, 15) is 10.2 Å². The average molecular weight is 261 g/mol. The summed E-state index contributed by atoms with van der Waals surface area (Å²) in [5.74, 6) is 0.229. The van der Waals surface area contributed by atoms with E-state index in [-0.39, 0.29) is 5.75 Å². The van der Waals surface area contributed by atoms with E-state index in [2.05, 4.69) is 17.6 Å². The molecule has 0 spiro atoms. The monoisotopic (exact) mass is 261 g/mol. The van der Waals surface area contributed by atoms with Gasteiger partial charge in [0.25, 0.3) is 0 Å². The fourth-order valence-electron chi connectivity index (χ4n) is 1.74. The lowest BCUT2D eigenvalue weighted by molar-refractivity contribution is 0.0338. The van der Waals surface area contributed by atoms with E-state index < -0.39 is 12.2 Å². The van der Waals surface area contributed by atoms with Crippen molar-refractivity contribution < 1.29 is 10.2 Å². The molecule has 18 heavy (non-hydrogen) atoms. The molecule has 2 N–H and O–H groups in total. The molecule has 0 bridgehead atoms. The second kappa shape index (κ2) is 6.00. The van der Waals surface area contributed by atoms with Crippen molar-refractivity contribution in [3.05, 3.63) is 54.4 Å². The van der Waals surface area contributed by atoms with E-state index in [4.69, 9.17) is 0 Å². The largest absolute Gasteiger partial charge is 0.389 e. The first-order valence-corrected chi connectivity index (χ1v) is 6.33. The highest BCUT2D eigenvalue weighted by molar-refractivity contribution is 7.80. The molecule has 94 valence electrons. The molecule has 1 aromatic carbocycles. The highest BCUT2D eigenvalue weighted by Gasteiger charge is 2.16. The molecule has 0 aliphatic carbocycles. The summed E-state index contributed by atoms with van der Waals surface area (Å²) in [6, 6.07) is 11.3. The van der Waals surface area contributed by atoms with Gasteiger partial charge in [-0.15, -0.1) is 0 Å². The molecule has 2 unspecified atom stereocenters. The second-order valence-corrected chi connectivity index (χ2v) is 4.42. The van der Waals surface area contributed by atoms with Crippen molar-refractivity contribution in [2.45, 2.75) is 12.2 Å². The lowest BCUT2D eigenvalue weighted by Crippen LogP contribution is -2.19. The summed E-state index contributed by atoms with van der Waals surface area (Å²) in [5.41, 5.74) is 2.81. The smallest absolute Gasteiger partial charge is 0.106 e. The van der Waals surface area contributed by atoms with Gasteiger partial charge < -0.3 is 10.2 Å². The fraction of sp³-hybridized carbons (Fsp3) is 0.214. The highest BCUT2D eigenvalue weighted by Crippen LogP contribution is 2.23. The molecule has 2 aromatic rings. The van der Waals surface area contributed by atoms with E-state index in [0.717, 1.165) is 11.1 Å². The van der Waals surface area contributed by atoms with Crippen molar-refractivity contribution in [2.24, 2.45) is 0 Å². The van der Waals surface area contributed by atoms with Gasteiger partial charge in [-0.3, -0.25) is 4.98 Å². The zero-order valence-corrected chi connectivity index (χ0v) is 10.7. The van der Waals surface area contributed by atoms with E-state index in [1.807, 2.05) is 36.4 Å². The number of hydrogen-bond acceptors (Lipinski definition) is 4. The van der Waals surface area contributed by atoms with Crippen LogP contribution in [-0.4, -0.2) is 27.1 Å². The Morgan fingerprint density at radius 1 is 0.944 bits per heavy atom. The Balaban J connectivity index is 2.20. The maximum atomic E-state index is 9.84. The van der Waals surface area contributed by atoms with Gasteiger partial charge in [0.1, 0.15) is 6.10 Å². The van der Waals surface area contributed by atoms with Gasteiger partial charge in [-0.1, -0.05) is 24.3 Å². The summed E-state index contributed by atoms with van der Waals surface area (Å²) in [6.07, 6.45) is 1.74. The molecule has 0 saturated heterocycles. The summed E-state index contributed by atoms with van der Waals surface area (Å²) in [6.45, 7) is 0. The minimum atomic E-state index is -0.894. The Labute approximate surface area is 112 Å². The first-order valence-electron chi connectivity index (χ1n) is 5.69. The SMILES string of the molecule is OC(CS)C(O)c1ccc(-c2ccncc2)cc1. The predicted octanol–water partition coefficient (Wildman–Crippen LogP) is 2.07. The van der Waals surface area contributed by atoms with Gasteiger partial charge >= 0.3 is 0 Å². The van der Waals surface area contributed by atoms with Crippen molar-refractivity contribution >= 4 is 12.6 Å². The van der Waals surface area contributed by atoms with Crippen LogP contribution in [-0.2, 0) is 0 Å². The van der Waals surface area contributed by atoms with Gasteiger partial charge in [0.15, 0.2) is 0 Å². The van der Waals surface area contributed by atoms with Crippen molar-refractivity contribution in [1.82, 2.24) is 4.98 Å². The Hall–Kier alpha value is -1.36. The van der Waals surface area contributed by atoms with E-state index in [1.54, 1.807) is 12.4 Å². The van der Waals surface area contributed by atoms with Crippen LogP contribution in [0.3, 0.4) is 0 Å². The Morgan fingerprint density at radius 2 is 1.50 bits per heavy atom. The number of nitrogens with zero attached hydrogens (tertiary/aromatic N) is 1. The van der Waals surface area contributed by atoms with Gasteiger partial charge in [0.2, 0.25) is 0 Å². The van der Waals surface area contributed by atoms with Crippen LogP contribution >= 0.6 is 12.6 Å². The van der Waals surface area contributed by atoms with Gasteiger partial charge in [-0.05, 0) is 28.8 Å². The van der Waals surface area contributed by atoms with Crippen molar-refractivity contribution in [3.8, 4) is 11.1 Å². The van der Waals surface area contributed by atoms with Gasteiger partial charge in [-0.25, -0.2) is 0 Å². The first-order chi connectivity index (χ1) is 8.72. The van der Waals surface area contributed by atoms with Crippen molar-refractivity contribution in [1.29, 1.82) is 0 Å². The quantitative estimate of drug-likeness (QED) is 0.739. The number of thiol groups is 1. The highest BCUT2D eigenvalue weighted by atomic mass is 32.1. The summed E-state index contributed by atoms with van der Waals surface area (Å²) >= 11 is 3.97. The summed E-state index contributed by atoms with van der Waals surface area (Å²) in [4.78, 5) is 3.97. The third-order valence-electron chi connectivity index (χ3n) is 2.82. The maximum Gasteiger partial charge on any atom is 0.106 e. The molecule has 4 heteroatoms. The molecule has 0 fully saturated rings. The zero-order valence-electron chi connectivity index (χ0n) is 9.77. The molecular formula is C14H15NO2S. The normalized spacial score (nSPS) is 14.2. The number of hydrogen-bond donors (Lipinski definition) is 3. The molecule has 1 aromatic heterocycles. The van der Waals surface area contributed by atoms with Crippen LogP contribution in [0.2, 0.25) is 0 Å². The molecule has 0 amide bonds. The number of pyridine rings is 1. The summed E-state index contributed by atoms with van der Waals surface area (Å²) in [5, 5.41) is 19.4. The van der Waals surface area contributed by atoms with Crippen LogP contribution in [0.1, 0.15) is 11.7 Å². The molecule has 0 aliphatic rings. The van der Waals surface area contributed by atoms with Gasteiger partial charge in [0, 0.05) is 18.1 Å². The molecule has 3 nitrogen and oxygen atoms in total. The maximum absolute atomic E-state index is 9.84. The van der Waals surface area contributed by atoms with Crippen LogP contribution in [0.25, 0.3) is 11.1 Å². The molecule has 0 aliphatic heterocycles. The first kappa shape index (κ1) is 13.1. The zero-order chi connectivity index (χ0) is 13.0. The van der Waals surface area contributed by atoms with Crippen molar-refractivity contribution in [2.75, 3.05) is 5.75 Å². The minimum absolute atomic E-state index is 0.229. The topological polar surface area (TPSA) is 53.4 Å². The average Bonchev–Trinajstić information content (AvgIpc) is 2.47. The number of benzene rings is 1. The molecule has 0 saturated carbocycles. The van der Waals surface area contributed by atoms with Crippen LogP contribution in [0.15, 0.2) is 48.8 Å². The minimum Gasteiger partial charge on any atom is -0.389 e. The van der Waals surface area contributed by atoms with Gasteiger partial charge in [-0.2, -0.15) is 12.6 Å². The summed E-state index contributed by atoms with van der Waals surface area (Å²) in [7, 11) is 0. The molecule has 2 atom stereocenters. The predicted molar refractivity (Wildman–Crippen MR) is 74.5 cm³/mol. The Bertz CT molecular complexity index is 487. The Kier molecular flexibility index (Phi) is 4.36. The third kappa shape index (κ3) is 2.90. The lowest BCUT2D eigenvalue weighted by Gasteiger charge is -2.16. The van der Waals surface area contributed by atoms with Crippen LogP contribution < -0.4 is 0 Å². The van der Waals surface area contributed by atoms with E-state index in [1.165, 1.54) is 0 Å². The number of rotatable bonds is 4. The molecule has 0 radical (unpaired) electrons. The summed E-state index contributed by atoms with van der Waals surface area (Å²) < 4.78 is 0. The fourth-order valence-corrected chi connectivity index (χ4v) is 1.94. The standard InChI is InChI=1S/C14H15NO2S/c16-13(9-18)14(17)12-3-1-10(2-4-12)11-5-7-15-8-6-11/h1-8,13-14,16-18H,9H2. The van der Waals surface area contributed by atoms with Crippen LogP contribution in [0, 0.1) is 0 Å². The van der Waals surface area contributed by atoms with Crippen LogP contribution in [0.5, 0.6) is 0 Å². The Morgan fingerprint density at radius 3 is 2.06 bits per heavy atom. The van der Waals surface area contributed by atoms with Crippen LogP contribution in [0.4, 0.5) is 0 Å². The lowest BCUT2D eigenvalue weighted by atomic mass is 10.0. The second-order valence-electron chi connectivity index (χ2n) is 4.05. The number of aliphatic hydroxyl groups excluding tert-OH is 2. The molecular weight excluding hydrogens is 246 g/mol. The third-order valence-corrected chi connectivity index (χ3v) is 3.19. The van der Waals surface area contributed by atoms with E-state index in [0.29, 0.717) is 5.56 Å². The van der Waals surface area contributed by atoms with Gasteiger partial charge in [0.05, 0.1) is 6.10 Å². The molecule has 1 heterocycles. The molecule has 2 rings (SSSR count). The number of aliphatic hydroxyl groups is 2. The van der Waals surface area contributed by atoms with Crippen molar-refractivity contribution in [3.63, 3.8) is 0 Å².